The molecule has 0 atom stereocenters. The zero-order chi connectivity index (χ0) is 44.0. The molecule has 0 radical (unpaired) electrons. The first-order valence-corrected chi connectivity index (χ1v) is 20.3. The third kappa shape index (κ3) is 6.76. The molecule has 11 aromatic rings. The topological polar surface area (TPSA) is 43.6 Å². The molecule has 2 heterocycles. The molecule has 2 aromatic heterocycles. The molecular weight excluding hydrogens is 741 g/mol. The molecule has 0 N–H and O–H groups in total. The van der Waals surface area contributed by atoms with Crippen molar-refractivity contribution in [2.45, 2.75) is 0 Å². The molecule has 0 spiro atoms. The number of benzene rings is 9. The molecule has 61 heavy (non-hydrogen) atoms. The summed E-state index contributed by atoms with van der Waals surface area (Å²) in [6.45, 7) is 0. The van der Waals surface area contributed by atoms with E-state index in [0.29, 0.717) is 28.4 Å². The molecule has 0 aliphatic heterocycles. The van der Waals surface area contributed by atoms with Gasteiger partial charge in [0.25, 0.3) is 0 Å². The van der Waals surface area contributed by atoms with E-state index in [1.165, 1.54) is 0 Å². The molecule has 0 aliphatic carbocycles. The fourth-order valence-corrected chi connectivity index (χ4v) is 8.25. The molecule has 0 aliphatic rings. The number of aromatic nitrogens is 4. The third-order valence-corrected chi connectivity index (χ3v) is 11.2. The maximum absolute atomic E-state index is 9.27. The number of hydrogen-bond donors (Lipinski definition) is 0. The maximum Gasteiger partial charge on any atom is 0.164 e. The number of rotatable bonds is 8. The smallest absolute Gasteiger partial charge is 0.164 e. The molecule has 0 fully saturated rings. The number of nitrogens with zero attached hydrogens (tertiary/aromatic N) is 4. The minimum absolute atomic E-state index is 0.0788. The van der Waals surface area contributed by atoms with E-state index in [1.807, 2.05) is 138 Å². The van der Waals surface area contributed by atoms with Crippen LogP contribution in [-0.2, 0) is 0 Å². The van der Waals surface area contributed by atoms with Crippen molar-refractivity contribution in [3.63, 3.8) is 0 Å². The van der Waals surface area contributed by atoms with E-state index in [0.717, 1.165) is 77.8 Å². The van der Waals surface area contributed by atoms with Crippen molar-refractivity contribution < 1.29 is 5.48 Å². The van der Waals surface area contributed by atoms with Gasteiger partial charge in [-0.3, -0.25) is 0 Å². The fourth-order valence-electron chi connectivity index (χ4n) is 8.25. The number of para-hydroxylation sites is 1. The normalized spacial score (nSPS) is 12.2. The molecule has 0 unspecified atom stereocenters. The Hall–Kier alpha value is -8.21. The zero-order valence-electron chi connectivity index (χ0n) is 36.9. The average molecular weight is 783 g/mol. The van der Waals surface area contributed by atoms with Gasteiger partial charge in [-0.2, -0.15) is 0 Å². The zero-order valence-corrected chi connectivity index (χ0v) is 32.9. The molecule has 286 valence electrons. The second-order valence-electron chi connectivity index (χ2n) is 14.9. The van der Waals surface area contributed by atoms with E-state index in [1.54, 1.807) is 0 Å². The Bertz CT molecular complexity index is 3440. The van der Waals surface area contributed by atoms with Gasteiger partial charge in [0.05, 0.1) is 16.5 Å². The van der Waals surface area contributed by atoms with E-state index in [9.17, 15) is 2.74 Å². The number of fused-ring (bicyclic) bond motifs is 3. The van der Waals surface area contributed by atoms with Gasteiger partial charge in [0.2, 0.25) is 0 Å². The van der Waals surface area contributed by atoms with Crippen LogP contribution in [-0.4, -0.2) is 19.5 Å². The van der Waals surface area contributed by atoms with Gasteiger partial charge < -0.3 is 4.57 Å². The Balaban J connectivity index is 1.06. The highest BCUT2D eigenvalue weighted by molar-refractivity contribution is 6.16. The summed E-state index contributed by atoms with van der Waals surface area (Å²) in [5, 5.41) is 1.22. The van der Waals surface area contributed by atoms with Crippen molar-refractivity contribution in [2.24, 2.45) is 0 Å². The highest BCUT2D eigenvalue weighted by Crippen LogP contribution is 2.42. The molecule has 4 nitrogen and oxygen atoms in total. The van der Waals surface area contributed by atoms with Crippen molar-refractivity contribution in [3.05, 3.63) is 230 Å². The Morgan fingerprint density at radius 1 is 0.311 bits per heavy atom. The molecule has 0 saturated heterocycles. The van der Waals surface area contributed by atoms with E-state index in [2.05, 4.69) is 72.8 Å². The predicted molar refractivity (Wildman–Crippen MR) is 252 cm³/mol. The Morgan fingerprint density at radius 3 is 1.26 bits per heavy atom. The Labute approximate surface area is 360 Å². The van der Waals surface area contributed by atoms with Crippen LogP contribution in [0.1, 0.15) is 5.48 Å². The van der Waals surface area contributed by atoms with Crippen molar-refractivity contribution in [3.8, 4) is 84.4 Å². The van der Waals surface area contributed by atoms with Gasteiger partial charge in [-0.25, -0.2) is 15.0 Å². The molecule has 4 heteroatoms. The summed E-state index contributed by atoms with van der Waals surface area (Å²) >= 11 is 0. The number of hydrogen-bond acceptors (Lipinski definition) is 3. The summed E-state index contributed by atoms with van der Waals surface area (Å²) in [7, 11) is 0. The summed E-state index contributed by atoms with van der Waals surface area (Å²) in [6, 6.07) is 68.6. The van der Waals surface area contributed by atoms with Crippen LogP contribution < -0.4 is 0 Å². The lowest BCUT2D eigenvalue weighted by molar-refractivity contribution is 1.07. The first-order valence-electron chi connectivity index (χ1n) is 22.3. The van der Waals surface area contributed by atoms with Crippen LogP contribution in [0.5, 0.6) is 0 Å². The van der Waals surface area contributed by atoms with Crippen LogP contribution in [0.4, 0.5) is 0 Å². The van der Waals surface area contributed by atoms with Gasteiger partial charge in [0.1, 0.15) is 0 Å². The van der Waals surface area contributed by atoms with Crippen LogP contribution in [0, 0.1) is 0 Å². The lowest BCUT2D eigenvalue weighted by atomic mass is 9.92. The largest absolute Gasteiger partial charge is 0.309 e. The minimum Gasteiger partial charge on any atom is -0.309 e. The van der Waals surface area contributed by atoms with Crippen LogP contribution in [0.25, 0.3) is 106 Å². The monoisotopic (exact) mass is 782 g/mol. The van der Waals surface area contributed by atoms with Gasteiger partial charge in [-0.05, 0) is 80.9 Å². The first kappa shape index (κ1) is 31.7. The quantitative estimate of drug-likeness (QED) is 0.154. The summed E-state index contributed by atoms with van der Waals surface area (Å²) in [6.07, 6.45) is 0. The molecule has 9 aromatic carbocycles. The van der Waals surface area contributed by atoms with Gasteiger partial charge >= 0.3 is 0 Å². The molecule has 0 bridgehead atoms. The summed E-state index contributed by atoms with van der Waals surface area (Å²) < 4.78 is 38.0. The van der Waals surface area contributed by atoms with E-state index in [4.69, 9.17) is 17.7 Å². The standard InChI is InChI=1S/C57H38N4/c1-4-15-39(16-5-1)41-27-31-44(32-28-41)55-58-56(45-33-29-42(30-34-45)40-17-6-2-7-18-40)60-57(59-55)46-35-37-47(38-36-46)61-52-25-13-12-23-51(52)54-50(24-14-26-53(54)61)49-22-11-10-21-48(49)43-19-8-3-9-20-43/h1-38H/i12D,13D,23D,25D. The highest BCUT2D eigenvalue weighted by Gasteiger charge is 2.19. The fraction of sp³-hybridized carbons (Fsp3) is 0. The van der Waals surface area contributed by atoms with Gasteiger partial charge in [0, 0.05) is 33.2 Å². The van der Waals surface area contributed by atoms with Crippen LogP contribution >= 0.6 is 0 Å². The molecule has 0 amide bonds. The summed E-state index contributed by atoms with van der Waals surface area (Å²) in [5.74, 6) is 1.59. The Kier molecular flexibility index (Phi) is 8.07. The molecule has 11 rings (SSSR count). The predicted octanol–water partition coefficient (Wildman–Crippen LogP) is 14.6. The third-order valence-electron chi connectivity index (χ3n) is 11.2. The van der Waals surface area contributed by atoms with E-state index < -0.39 is 0 Å². The lowest BCUT2D eigenvalue weighted by Gasteiger charge is -2.13. The summed E-state index contributed by atoms with van der Waals surface area (Å²) in [5.41, 5.74) is 12.8. The lowest BCUT2D eigenvalue weighted by Crippen LogP contribution is -2.00. The van der Waals surface area contributed by atoms with Crippen molar-refractivity contribution in [1.82, 2.24) is 19.5 Å². The van der Waals surface area contributed by atoms with Gasteiger partial charge in [-0.15, -0.1) is 0 Å². The second kappa shape index (κ2) is 15.5. The Morgan fingerprint density at radius 2 is 0.721 bits per heavy atom. The average Bonchev–Trinajstić information content (AvgIpc) is 3.74. The van der Waals surface area contributed by atoms with Gasteiger partial charge in [-0.1, -0.05) is 194 Å². The minimum atomic E-state index is -0.284. The van der Waals surface area contributed by atoms with Crippen molar-refractivity contribution >= 4 is 21.8 Å². The molecular formula is C57H38N4. The summed E-state index contributed by atoms with van der Waals surface area (Å²) in [4.78, 5) is 15.1. The van der Waals surface area contributed by atoms with Crippen LogP contribution in [0.2, 0.25) is 0 Å². The first-order chi connectivity index (χ1) is 31.9. The SMILES string of the molecule is [2H]c1c([2H])c([2H])c2c(c1[2H])c1c(-c3ccccc3-c3ccccc3)cccc1n2-c1ccc(-c2nc(-c3ccc(-c4ccccc4)cc3)nc(-c3ccc(-c4ccccc4)cc3)n2)cc1. The maximum atomic E-state index is 9.27. The highest BCUT2D eigenvalue weighted by atomic mass is 15.0. The van der Waals surface area contributed by atoms with E-state index in [-0.39, 0.29) is 24.2 Å². The van der Waals surface area contributed by atoms with Gasteiger partial charge in [0.15, 0.2) is 17.5 Å². The molecule has 0 saturated carbocycles. The van der Waals surface area contributed by atoms with Crippen LogP contribution in [0.3, 0.4) is 0 Å². The van der Waals surface area contributed by atoms with Crippen molar-refractivity contribution in [2.75, 3.05) is 0 Å². The van der Waals surface area contributed by atoms with Crippen LogP contribution in [0.15, 0.2) is 230 Å². The van der Waals surface area contributed by atoms with Crippen molar-refractivity contribution in [1.29, 1.82) is 0 Å². The van der Waals surface area contributed by atoms with E-state index >= 15 is 0 Å². The second-order valence-corrected chi connectivity index (χ2v) is 14.9.